The van der Waals surface area contributed by atoms with E-state index in [9.17, 15) is 4.79 Å². The molecular formula is C20H25N3O2. The van der Waals surface area contributed by atoms with Gasteiger partial charge in [0.25, 0.3) is 0 Å². The van der Waals surface area contributed by atoms with Crippen molar-refractivity contribution in [2.75, 3.05) is 13.1 Å². The van der Waals surface area contributed by atoms with E-state index in [0.29, 0.717) is 6.61 Å². The van der Waals surface area contributed by atoms with Crippen LogP contribution in [0.3, 0.4) is 0 Å². The van der Waals surface area contributed by atoms with Crippen molar-refractivity contribution in [2.24, 2.45) is 11.8 Å². The highest BCUT2D eigenvalue weighted by atomic mass is 16.5. The van der Waals surface area contributed by atoms with Gasteiger partial charge in [-0.2, -0.15) is 0 Å². The third-order valence-corrected chi connectivity index (χ3v) is 4.68. The molecule has 1 amide bonds. The molecule has 0 bridgehead atoms. The van der Waals surface area contributed by atoms with Crippen LogP contribution in [-0.2, 0) is 17.9 Å². The monoisotopic (exact) mass is 339 g/mol. The van der Waals surface area contributed by atoms with Crippen LogP contribution in [0, 0.1) is 5.92 Å². The van der Waals surface area contributed by atoms with Gasteiger partial charge in [0.2, 0.25) is 5.91 Å². The van der Waals surface area contributed by atoms with E-state index in [2.05, 4.69) is 34.6 Å². The molecule has 25 heavy (non-hydrogen) atoms. The molecule has 1 fully saturated rings. The van der Waals surface area contributed by atoms with Crippen molar-refractivity contribution >= 4 is 5.91 Å². The largest absolute Gasteiger partial charge is 0.489 e. The van der Waals surface area contributed by atoms with Crippen LogP contribution in [0.1, 0.15) is 24.0 Å². The summed E-state index contributed by atoms with van der Waals surface area (Å²) in [7, 11) is 0. The molecule has 0 unspecified atom stereocenters. The number of piperidine rings is 1. The summed E-state index contributed by atoms with van der Waals surface area (Å²) in [6.07, 6.45) is 1.72. The minimum atomic E-state index is -0.0421. The van der Waals surface area contributed by atoms with Crippen LogP contribution in [-0.4, -0.2) is 23.9 Å². The molecular weight excluding hydrogens is 314 g/mol. The quantitative estimate of drug-likeness (QED) is 0.482. The topological polar surface area (TPSA) is 67.6 Å². The van der Waals surface area contributed by atoms with Gasteiger partial charge in [0.05, 0.1) is 0 Å². The van der Waals surface area contributed by atoms with Gasteiger partial charge >= 0.3 is 0 Å². The Kier molecular flexibility index (Phi) is 6.04. The van der Waals surface area contributed by atoms with Gasteiger partial charge in [-0.25, -0.2) is 5.84 Å². The maximum absolute atomic E-state index is 11.6. The zero-order valence-electron chi connectivity index (χ0n) is 14.4. The van der Waals surface area contributed by atoms with E-state index < -0.39 is 0 Å². The average Bonchev–Trinajstić information content (AvgIpc) is 2.68. The van der Waals surface area contributed by atoms with Crippen LogP contribution in [0.4, 0.5) is 0 Å². The normalized spacial score (nSPS) is 15.7. The first-order valence-corrected chi connectivity index (χ1v) is 8.73. The lowest BCUT2D eigenvalue weighted by atomic mass is 9.96. The number of benzene rings is 2. The van der Waals surface area contributed by atoms with Gasteiger partial charge in [-0.3, -0.25) is 15.1 Å². The Labute approximate surface area is 148 Å². The third kappa shape index (κ3) is 5.05. The van der Waals surface area contributed by atoms with Gasteiger partial charge in [0.15, 0.2) is 0 Å². The molecule has 0 spiro atoms. The molecule has 1 saturated heterocycles. The maximum atomic E-state index is 11.6. The van der Waals surface area contributed by atoms with Gasteiger partial charge in [-0.1, -0.05) is 42.5 Å². The van der Waals surface area contributed by atoms with Gasteiger partial charge in [0.1, 0.15) is 12.4 Å². The summed E-state index contributed by atoms with van der Waals surface area (Å²) in [5.74, 6) is 6.10. The molecule has 1 aliphatic heterocycles. The van der Waals surface area contributed by atoms with Crippen molar-refractivity contribution in [1.82, 2.24) is 10.3 Å². The number of ether oxygens (including phenoxy) is 1. The minimum absolute atomic E-state index is 0.0421. The average molecular weight is 339 g/mol. The second kappa shape index (κ2) is 8.65. The molecule has 5 heteroatoms. The van der Waals surface area contributed by atoms with Gasteiger partial charge < -0.3 is 4.74 Å². The summed E-state index contributed by atoms with van der Waals surface area (Å²) in [6, 6.07) is 18.4. The van der Waals surface area contributed by atoms with Crippen LogP contribution in [0.25, 0.3) is 0 Å². The summed E-state index contributed by atoms with van der Waals surface area (Å²) in [4.78, 5) is 13.9. The fourth-order valence-corrected chi connectivity index (χ4v) is 3.16. The van der Waals surface area contributed by atoms with E-state index in [1.54, 1.807) is 0 Å². The van der Waals surface area contributed by atoms with Crippen molar-refractivity contribution < 1.29 is 9.53 Å². The lowest BCUT2D eigenvalue weighted by Crippen LogP contribution is -2.42. The Balaban J connectivity index is 1.46. The Bertz CT molecular complexity index is 665. The van der Waals surface area contributed by atoms with Gasteiger partial charge in [-0.15, -0.1) is 0 Å². The number of amides is 1. The van der Waals surface area contributed by atoms with E-state index in [0.717, 1.165) is 43.8 Å². The first-order chi connectivity index (χ1) is 12.2. The molecule has 5 nitrogen and oxygen atoms in total. The van der Waals surface area contributed by atoms with E-state index in [4.69, 9.17) is 10.6 Å². The molecule has 132 valence electrons. The number of hydrogen-bond donors (Lipinski definition) is 2. The fraction of sp³-hybridized carbons (Fsp3) is 0.350. The van der Waals surface area contributed by atoms with Gasteiger partial charge in [0, 0.05) is 12.5 Å². The summed E-state index contributed by atoms with van der Waals surface area (Å²) in [6.45, 7) is 3.32. The van der Waals surface area contributed by atoms with Gasteiger partial charge in [-0.05, 0) is 49.2 Å². The Hall–Kier alpha value is -2.37. The molecule has 0 aromatic heterocycles. The molecule has 3 N–H and O–H groups in total. The SMILES string of the molecule is NNC(=O)C1CCN(Cc2ccc(OCc3ccccc3)cc2)CC1. The number of nitrogens with one attached hydrogen (secondary N) is 1. The van der Waals surface area contributed by atoms with Crippen molar-refractivity contribution in [1.29, 1.82) is 0 Å². The third-order valence-electron chi connectivity index (χ3n) is 4.68. The number of hydrazine groups is 1. The first-order valence-electron chi connectivity index (χ1n) is 8.73. The number of likely N-dealkylation sites (tertiary alicyclic amines) is 1. The van der Waals surface area contributed by atoms with Crippen LogP contribution >= 0.6 is 0 Å². The molecule has 3 rings (SSSR count). The van der Waals surface area contributed by atoms with Crippen LogP contribution in [0.2, 0.25) is 0 Å². The summed E-state index contributed by atoms with van der Waals surface area (Å²) < 4.78 is 5.82. The van der Waals surface area contributed by atoms with Crippen molar-refractivity contribution in [2.45, 2.75) is 26.0 Å². The Morgan fingerprint density at radius 1 is 1.04 bits per heavy atom. The zero-order chi connectivity index (χ0) is 17.5. The highest BCUT2D eigenvalue weighted by Crippen LogP contribution is 2.20. The highest BCUT2D eigenvalue weighted by molar-refractivity contribution is 5.78. The zero-order valence-corrected chi connectivity index (χ0v) is 14.4. The standard InChI is InChI=1S/C20H25N3O2/c21-22-20(24)18-10-12-23(13-11-18)14-16-6-8-19(9-7-16)25-15-17-4-2-1-3-5-17/h1-9,18H,10-15,21H2,(H,22,24). The van der Waals surface area contributed by atoms with Crippen molar-refractivity contribution in [3.05, 3.63) is 65.7 Å². The predicted molar refractivity (Wildman–Crippen MR) is 97.5 cm³/mol. The number of nitrogens with zero attached hydrogens (tertiary/aromatic N) is 1. The molecule has 2 aromatic carbocycles. The lowest BCUT2D eigenvalue weighted by Gasteiger charge is -2.30. The molecule has 0 saturated carbocycles. The summed E-state index contributed by atoms with van der Waals surface area (Å²) in [5.41, 5.74) is 4.68. The van der Waals surface area contributed by atoms with Crippen LogP contribution in [0.5, 0.6) is 5.75 Å². The number of carbonyl (C=O) groups excluding carboxylic acids is 1. The summed E-state index contributed by atoms with van der Waals surface area (Å²) in [5, 5.41) is 0. The first kappa shape index (κ1) is 17.5. The molecule has 1 heterocycles. The molecule has 0 radical (unpaired) electrons. The van der Waals surface area contributed by atoms with Crippen molar-refractivity contribution in [3.63, 3.8) is 0 Å². The molecule has 1 aliphatic rings. The molecule has 0 atom stereocenters. The molecule has 2 aromatic rings. The number of carbonyl (C=O) groups is 1. The predicted octanol–water partition coefficient (Wildman–Crippen LogP) is 2.47. The summed E-state index contributed by atoms with van der Waals surface area (Å²) >= 11 is 0. The number of nitrogens with two attached hydrogens (primary N) is 1. The highest BCUT2D eigenvalue weighted by Gasteiger charge is 2.24. The Morgan fingerprint density at radius 3 is 2.36 bits per heavy atom. The lowest BCUT2D eigenvalue weighted by molar-refractivity contribution is -0.126. The fourth-order valence-electron chi connectivity index (χ4n) is 3.16. The van der Waals surface area contributed by atoms with E-state index in [1.807, 2.05) is 30.3 Å². The van der Waals surface area contributed by atoms with Crippen molar-refractivity contribution in [3.8, 4) is 5.75 Å². The Morgan fingerprint density at radius 2 is 1.72 bits per heavy atom. The number of hydrogen-bond acceptors (Lipinski definition) is 4. The smallest absolute Gasteiger partial charge is 0.237 e. The van der Waals surface area contributed by atoms with Crippen LogP contribution in [0.15, 0.2) is 54.6 Å². The second-order valence-electron chi connectivity index (χ2n) is 6.48. The van der Waals surface area contributed by atoms with E-state index in [-0.39, 0.29) is 11.8 Å². The minimum Gasteiger partial charge on any atom is -0.489 e. The van der Waals surface area contributed by atoms with Crippen LogP contribution < -0.4 is 16.0 Å². The van der Waals surface area contributed by atoms with E-state index >= 15 is 0 Å². The molecule has 0 aliphatic carbocycles. The maximum Gasteiger partial charge on any atom is 0.237 e. The van der Waals surface area contributed by atoms with E-state index in [1.165, 1.54) is 5.56 Å². The second-order valence-corrected chi connectivity index (χ2v) is 6.48. The number of rotatable bonds is 6.